The number of carbonyl (C=O) groups excluding carboxylic acids is 3. The molecule has 1 fully saturated rings. The van der Waals surface area contributed by atoms with Crippen molar-refractivity contribution in [3.05, 3.63) is 101 Å². The zero-order valence-corrected chi connectivity index (χ0v) is 20.1. The van der Waals surface area contributed by atoms with Gasteiger partial charge in [0.2, 0.25) is 0 Å². The quantitative estimate of drug-likeness (QED) is 0.511. The lowest BCUT2D eigenvalue weighted by atomic mass is 10.1. The molecule has 0 aliphatic carbocycles. The minimum absolute atomic E-state index is 0.0221. The maximum absolute atomic E-state index is 13.8. The molecule has 3 amide bonds. The Labute approximate surface area is 212 Å². The van der Waals surface area contributed by atoms with Crippen molar-refractivity contribution in [1.82, 2.24) is 15.1 Å². The van der Waals surface area contributed by atoms with Crippen LogP contribution in [0.3, 0.4) is 0 Å². The number of carbonyl (C=O) groups is 3. The predicted octanol–water partition coefficient (Wildman–Crippen LogP) is 2.67. The van der Waals surface area contributed by atoms with Crippen molar-refractivity contribution in [2.45, 2.75) is 19.3 Å². The number of hydrogen-bond acceptors (Lipinski definition) is 5. The van der Waals surface area contributed by atoms with E-state index in [1.54, 1.807) is 18.2 Å². The van der Waals surface area contributed by atoms with E-state index >= 15 is 0 Å². The van der Waals surface area contributed by atoms with Crippen LogP contribution in [0.15, 0.2) is 66.7 Å². The molecule has 3 aromatic rings. The van der Waals surface area contributed by atoms with Gasteiger partial charge in [0.25, 0.3) is 17.7 Å². The summed E-state index contributed by atoms with van der Waals surface area (Å²) in [5, 5.41) is 2.78. The second-order valence-electron chi connectivity index (χ2n) is 8.47. The first-order chi connectivity index (χ1) is 17.8. The summed E-state index contributed by atoms with van der Waals surface area (Å²) in [5.41, 5.74) is 7.51. The minimum atomic E-state index is -1.31. The zero-order valence-electron chi connectivity index (χ0n) is 20.1. The molecule has 1 unspecified atom stereocenters. The number of methoxy groups -OCH3 is 1. The average Bonchev–Trinajstić information content (AvgIpc) is 3.37. The second kappa shape index (κ2) is 11.2. The number of hydrogen-bond donors (Lipinski definition) is 2. The van der Waals surface area contributed by atoms with Crippen molar-refractivity contribution in [1.29, 1.82) is 0 Å². The van der Waals surface area contributed by atoms with Crippen LogP contribution in [0, 0.1) is 11.6 Å². The van der Waals surface area contributed by atoms with Crippen molar-refractivity contribution in [2.75, 3.05) is 20.2 Å². The van der Waals surface area contributed by atoms with E-state index in [1.807, 2.05) is 24.3 Å². The van der Waals surface area contributed by atoms with Gasteiger partial charge in [0.05, 0.1) is 7.11 Å². The van der Waals surface area contributed by atoms with Crippen LogP contribution in [-0.2, 0) is 17.9 Å². The van der Waals surface area contributed by atoms with Gasteiger partial charge in [0.15, 0.2) is 17.8 Å². The highest BCUT2D eigenvalue weighted by Gasteiger charge is 2.43. The lowest BCUT2D eigenvalue weighted by Gasteiger charge is -2.29. The van der Waals surface area contributed by atoms with Gasteiger partial charge in [0.1, 0.15) is 5.75 Å². The molecule has 3 N–H and O–H groups in total. The van der Waals surface area contributed by atoms with E-state index in [4.69, 9.17) is 10.5 Å². The van der Waals surface area contributed by atoms with Gasteiger partial charge in [0, 0.05) is 37.3 Å². The first kappa shape index (κ1) is 25.8. The highest BCUT2D eigenvalue weighted by atomic mass is 19.2. The van der Waals surface area contributed by atoms with E-state index < -0.39 is 35.5 Å². The van der Waals surface area contributed by atoms with Crippen molar-refractivity contribution in [2.24, 2.45) is 5.73 Å². The maximum atomic E-state index is 13.8. The molecule has 4 rings (SSSR count). The SMILES string of the molecule is COc1cccc(C(=O)N2CCN(C(=O)c3ccc(F)c(F)c3)C2C(=O)NCc2cccc(CN)c2)c1. The van der Waals surface area contributed by atoms with Crippen LogP contribution in [0.4, 0.5) is 8.78 Å². The van der Waals surface area contributed by atoms with Gasteiger partial charge in [-0.2, -0.15) is 0 Å². The molecule has 1 atom stereocenters. The Hall–Kier alpha value is -4.31. The van der Waals surface area contributed by atoms with Crippen molar-refractivity contribution < 1.29 is 27.9 Å². The summed E-state index contributed by atoms with van der Waals surface area (Å²) in [6, 6.07) is 16.5. The van der Waals surface area contributed by atoms with Gasteiger partial charge >= 0.3 is 0 Å². The molecule has 10 heteroatoms. The first-order valence-corrected chi connectivity index (χ1v) is 11.6. The fraction of sp³-hybridized carbons (Fsp3) is 0.222. The highest BCUT2D eigenvalue weighted by Crippen LogP contribution is 2.23. The Morgan fingerprint density at radius 3 is 2.19 bits per heavy atom. The van der Waals surface area contributed by atoms with Gasteiger partial charge in [-0.25, -0.2) is 8.78 Å². The predicted molar refractivity (Wildman–Crippen MR) is 131 cm³/mol. The first-order valence-electron chi connectivity index (χ1n) is 11.6. The minimum Gasteiger partial charge on any atom is -0.497 e. The molecule has 0 spiro atoms. The van der Waals surface area contributed by atoms with Crippen LogP contribution in [0.1, 0.15) is 31.8 Å². The van der Waals surface area contributed by atoms with Crippen LogP contribution in [0.25, 0.3) is 0 Å². The molecule has 37 heavy (non-hydrogen) atoms. The van der Waals surface area contributed by atoms with E-state index in [0.717, 1.165) is 29.3 Å². The monoisotopic (exact) mass is 508 g/mol. The number of benzene rings is 3. The van der Waals surface area contributed by atoms with Crippen molar-refractivity contribution in [3.63, 3.8) is 0 Å². The molecule has 0 saturated carbocycles. The van der Waals surface area contributed by atoms with Gasteiger partial charge in [-0.3, -0.25) is 14.4 Å². The van der Waals surface area contributed by atoms with E-state index in [9.17, 15) is 23.2 Å². The molecule has 1 saturated heterocycles. The third-order valence-electron chi connectivity index (χ3n) is 6.11. The standard InChI is InChI=1S/C27H26F2N4O4/c1-37-21-7-3-6-19(13-21)26(35)32-10-11-33(27(36)20-8-9-22(28)23(29)14-20)25(32)24(34)31-16-18-5-2-4-17(12-18)15-30/h2-9,12-14,25H,10-11,15-16,30H2,1H3,(H,31,34). The molecule has 1 aliphatic rings. The van der Waals surface area contributed by atoms with Gasteiger partial charge in [-0.1, -0.05) is 30.3 Å². The third-order valence-corrected chi connectivity index (χ3v) is 6.11. The fourth-order valence-electron chi connectivity index (χ4n) is 4.20. The molecule has 1 heterocycles. The smallest absolute Gasteiger partial charge is 0.264 e. The Bertz CT molecular complexity index is 1330. The van der Waals surface area contributed by atoms with E-state index in [0.29, 0.717) is 12.3 Å². The molecular formula is C27H26F2N4O4. The largest absolute Gasteiger partial charge is 0.497 e. The average molecular weight is 509 g/mol. The molecule has 1 aliphatic heterocycles. The number of halogens is 2. The van der Waals surface area contributed by atoms with Crippen LogP contribution in [0.5, 0.6) is 5.75 Å². The van der Waals surface area contributed by atoms with E-state index in [1.165, 1.54) is 23.0 Å². The Kier molecular flexibility index (Phi) is 7.78. The summed E-state index contributed by atoms with van der Waals surface area (Å²) >= 11 is 0. The Balaban J connectivity index is 1.62. The van der Waals surface area contributed by atoms with Crippen LogP contribution >= 0.6 is 0 Å². The topological polar surface area (TPSA) is 105 Å². The second-order valence-corrected chi connectivity index (χ2v) is 8.47. The molecule has 0 radical (unpaired) electrons. The number of nitrogens with one attached hydrogen (secondary N) is 1. The number of ether oxygens (including phenoxy) is 1. The van der Waals surface area contributed by atoms with Gasteiger partial charge in [-0.05, 0) is 47.5 Å². The van der Waals surface area contributed by atoms with E-state index in [2.05, 4.69) is 5.32 Å². The Morgan fingerprint density at radius 2 is 1.54 bits per heavy atom. The van der Waals surface area contributed by atoms with Crippen LogP contribution in [-0.4, -0.2) is 53.9 Å². The summed E-state index contributed by atoms with van der Waals surface area (Å²) in [5.74, 6) is -3.60. The highest BCUT2D eigenvalue weighted by molar-refractivity contribution is 6.02. The summed E-state index contributed by atoms with van der Waals surface area (Å²) in [7, 11) is 1.47. The molecule has 192 valence electrons. The molecule has 0 aromatic heterocycles. The summed E-state index contributed by atoms with van der Waals surface area (Å²) in [6.07, 6.45) is -1.31. The van der Waals surface area contributed by atoms with Crippen molar-refractivity contribution >= 4 is 17.7 Å². The molecular weight excluding hydrogens is 482 g/mol. The molecule has 3 aromatic carbocycles. The Morgan fingerprint density at radius 1 is 0.892 bits per heavy atom. The summed E-state index contributed by atoms with van der Waals surface area (Å²) in [4.78, 5) is 42.6. The van der Waals surface area contributed by atoms with E-state index in [-0.39, 0.29) is 30.8 Å². The number of amides is 3. The molecule has 8 nitrogen and oxygen atoms in total. The zero-order chi connectivity index (χ0) is 26.5. The normalized spacial score (nSPS) is 15.0. The number of rotatable bonds is 7. The summed E-state index contributed by atoms with van der Waals surface area (Å²) < 4.78 is 32.5. The lowest BCUT2D eigenvalue weighted by molar-refractivity contribution is -0.128. The number of nitrogens with zero attached hydrogens (tertiary/aromatic N) is 2. The molecule has 0 bridgehead atoms. The third kappa shape index (κ3) is 5.59. The fourth-order valence-corrected chi connectivity index (χ4v) is 4.20. The lowest BCUT2D eigenvalue weighted by Crippen LogP contribution is -2.53. The maximum Gasteiger partial charge on any atom is 0.264 e. The number of nitrogens with two attached hydrogens (primary N) is 1. The van der Waals surface area contributed by atoms with Crippen LogP contribution < -0.4 is 15.8 Å². The van der Waals surface area contributed by atoms with Crippen molar-refractivity contribution in [3.8, 4) is 5.75 Å². The van der Waals surface area contributed by atoms with Crippen LogP contribution in [0.2, 0.25) is 0 Å². The summed E-state index contributed by atoms with van der Waals surface area (Å²) in [6.45, 7) is 0.557. The van der Waals surface area contributed by atoms with Gasteiger partial charge < -0.3 is 25.6 Å². The van der Waals surface area contributed by atoms with Gasteiger partial charge in [-0.15, -0.1) is 0 Å².